The smallest absolute Gasteiger partial charge is 0.296 e. The Morgan fingerprint density at radius 1 is 0.868 bits per heavy atom. The molecule has 1 atom stereocenters. The number of rotatable bonds is 9. The van der Waals surface area contributed by atoms with Crippen LogP contribution in [-0.2, 0) is 16.1 Å². The molecule has 198 valence electrons. The van der Waals surface area contributed by atoms with Crippen LogP contribution in [0.2, 0.25) is 0 Å². The van der Waals surface area contributed by atoms with E-state index in [-0.39, 0.29) is 17.7 Å². The highest BCUT2D eigenvalue weighted by Gasteiger charge is 2.47. The quantitative estimate of drug-likeness (QED) is 0.256. The summed E-state index contributed by atoms with van der Waals surface area (Å²) in [5, 5.41) is 11.6. The maximum absolute atomic E-state index is 13.5. The number of ketones is 1. The Balaban J connectivity index is 1.99. The van der Waals surface area contributed by atoms with E-state index in [4.69, 9.17) is 23.7 Å². The van der Waals surface area contributed by atoms with E-state index in [1.54, 1.807) is 48.7 Å². The van der Waals surface area contributed by atoms with Crippen molar-refractivity contribution in [3.8, 4) is 28.7 Å². The molecule has 38 heavy (non-hydrogen) atoms. The van der Waals surface area contributed by atoms with E-state index in [9.17, 15) is 14.7 Å². The molecular weight excluding hydrogens is 492 g/mol. The molecule has 2 aromatic carbocycles. The SMILES string of the molecule is COc1ccc(OC)c(/C(O)=C2\C(=O)C(=O)N(Cc3ccccn3)C2c2cc(OC)c(OC)c(OC)c2)c1. The predicted molar refractivity (Wildman–Crippen MR) is 138 cm³/mol. The summed E-state index contributed by atoms with van der Waals surface area (Å²) in [6.45, 7) is 0.0127. The first-order valence-electron chi connectivity index (χ1n) is 11.6. The molecule has 1 saturated heterocycles. The van der Waals surface area contributed by atoms with Crippen LogP contribution in [0.25, 0.3) is 5.76 Å². The van der Waals surface area contributed by atoms with Gasteiger partial charge in [0, 0.05) is 6.20 Å². The van der Waals surface area contributed by atoms with E-state index >= 15 is 0 Å². The molecule has 1 aromatic heterocycles. The lowest BCUT2D eigenvalue weighted by molar-refractivity contribution is -0.140. The lowest BCUT2D eigenvalue weighted by Gasteiger charge is -2.26. The largest absolute Gasteiger partial charge is 0.507 e. The summed E-state index contributed by atoms with van der Waals surface area (Å²) < 4.78 is 27.2. The van der Waals surface area contributed by atoms with Gasteiger partial charge in [-0.1, -0.05) is 6.07 Å². The van der Waals surface area contributed by atoms with Gasteiger partial charge in [0.15, 0.2) is 11.5 Å². The first-order chi connectivity index (χ1) is 18.4. The van der Waals surface area contributed by atoms with Crippen molar-refractivity contribution in [1.29, 1.82) is 0 Å². The van der Waals surface area contributed by atoms with Crippen molar-refractivity contribution in [2.75, 3.05) is 35.5 Å². The molecule has 1 unspecified atom stereocenters. The standard InChI is InChI=1S/C28H28N2O8/c1-34-18-9-10-20(35-2)19(14-18)25(31)23-24(16-12-21(36-3)27(38-5)22(13-16)37-4)30(28(33)26(23)32)15-17-8-6-7-11-29-17/h6-14,24,31H,15H2,1-5H3/b25-23+. The zero-order valence-corrected chi connectivity index (χ0v) is 21.7. The molecule has 1 amide bonds. The van der Waals surface area contributed by atoms with Gasteiger partial charge >= 0.3 is 0 Å². The van der Waals surface area contributed by atoms with Gasteiger partial charge in [-0.15, -0.1) is 0 Å². The Morgan fingerprint density at radius 2 is 1.55 bits per heavy atom. The molecule has 0 saturated carbocycles. The maximum Gasteiger partial charge on any atom is 0.296 e. The minimum absolute atomic E-state index is 0.0127. The van der Waals surface area contributed by atoms with Crippen LogP contribution in [-0.4, -0.2) is 62.2 Å². The number of carbonyl (C=O) groups is 2. The maximum atomic E-state index is 13.5. The summed E-state index contributed by atoms with van der Waals surface area (Å²) in [7, 11) is 7.32. The van der Waals surface area contributed by atoms with Gasteiger partial charge in [-0.2, -0.15) is 0 Å². The molecule has 0 aliphatic carbocycles. The number of aliphatic hydroxyl groups is 1. The second-order valence-corrected chi connectivity index (χ2v) is 8.27. The van der Waals surface area contributed by atoms with Gasteiger partial charge in [0.25, 0.3) is 11.7 Å². The summed E-state index contributed by atoms with van der Waals surface area (Å²) in [5.74, 6) is -0.355. The number of ether oxygens (including phenoxy) is 5. The van der Waals surface area contributed by atoms with E-state index < -0.39 is 23.5 Å². The van der Waals surface area contributed by atoms with E-state index in [2.05, 4.69) is 4.98 Å². The number of carbonyl (C=O) groups excluding carboxylic acids is 2. The second-order valence-electron chi connectivity index (χ2n) is 8.27. The number of hydrogen-bond donors (Lipinski definition) is 1. The number of likely N-dealkylation sites (tertiary alicyclic amines) is 1. The Kier molecular flexibility index (Phi) is 7.71. The minimum atomic E-state index is -1.01. The summed E-state index contributed by atoms with van der Waals surface area (Å²) >= 11 is 0. The molecule has 1 fully saturated rings. The minimum Gasteiger partial charge on any atom is -0.507 e. The number of aliphatic hydroxyl groups excluding tert-OH is 1. The molecule has 3 aromatic rings. The van der Waals surface area contributed by atoms with Gasteiger partial charge in [-0.25, -0.2) is 0 Å². The van der Waals surface area contributed by atoms with Gasteiger partial charge in [-0.05, 0) is 48.0 Å². The van der Waals surface area contributed by atoms with Crippen LogP contribution in [0.5, 0.6) is 28.7 Å². The number of methoxy groups -OCH3 is 5. The highest BCUT2D eigenvalue weighted by atomic mass is 16.5. The second kappa shape index (κ2) is 11.1. The fourth-order valence-electron chi connectivity index (χ4n) is 4.46. The lowest BCUT2D eigenvalue weighted by atomic mass is 9.94. The molecule has 1 N–H and O–H groups in total. The summed E-state index contributed by atoms with van der Waals surface area (Å²) in [6.07, 6.45) is 1.60. The van der Waals surface area contributed by atoms with Crippen LogP contribution in [0, 0.1) is 0 Å². The Labute approximate surface area is 220 Å². The molecule has 4 rings (SSSR count). The van der Waals surface area contributed by atoms with Crippen molar-refractivity contribution < 1.29 is 38.4 Å². The van der Waals surface area contributed by atoms with Crippen molar-refractivity contribution in [2.24, 2.45) is 0 Å². The zero-order chi connectivity index (χ0) is 27.4. The highest BCUT2D eigenvalue weighted by Crippen LogP contribution is 2.47. The van der Waals surface area contributed by atoms with Crippen molar-refractivity contribution >= 4 is 17.4 Å². The van der Waals surface area contributed by atoms with Crippen molar-refractivity contribution in [2.45, 2.75) is 12.6 Å². The summed E-state index contributed by atoms with van der Waals surface area (Å²) in [4.78, 5) is 32.6. The number of benzene rings is 2. The van der Waals surface area contributed by atoms with Crippen LogP contribution in [0.4, 0.5) is 0 Å². The normalized spacial score (nSPS) is 16.3. The molecule has 0 spiro atoms. The van der Waals surface area contributed by atoms with Gasteiger partial charge in [-0.3, -0.25) is 14.6 Å². The van der Waals surface area contributed by atoms with Crippen LogP contribution in [0.15, 0.2) is 60.3 Å². The Bertz CT molecular complexity index is 1360. The molecule has 0 bridgehead atoms. The number of nitrogens with zero attached hydrogens (tertiary/aromatic N) is 2. The fourth-order valence-corrected chi connectivity index (χ4v) is 4.46. The van der Waals surface area contributed by atoms with E-state index in [1.807, 2.05) is 0 Å². The molecule has 2 heterocycles. The first kappa shape index (κ1) is 26.3. The van der Waals surface area contributed by atoms with E-state index in [0.717, 1.165) is 0 Å². The van der Waals surface area contributed by atoms with Crippen LogP contribution >= 0.6 is 0 Å². The Morgan fingerprint density at radius 3 is 2.11 bits per heavy atom. The Hall–Kier alpha value is -4.73. The average Bonchev–Trinajstić information content (AvgIpc) is 3.20. The number of pyridine rings is 1. The fraction of sp³-hybridized carbons (Fsp3) is 0.250. The van der Waals surface area contributed by atoms with Crippen LogP contribution in [0.3, 0.4) is 0 Å². The number of aromatic nitrogens is 1. The van der Waals surface area contributed by atoms with Crippen molar-refractivity contribution in [3.63, 3.8) is 0 Å². The zero-order valence-electron chi connectivity index (χ0n) is 21.7. The van der Waals surface area contributed by atoms with E-state index in [0.29, 0.717) is 40.0 Å². The van der Waals surface area contributed by atoms with Crippen LogP contribution < -0.4 is 23.7 Å². The third-order valence-electron chi connectivity index (χ3n) is 6.26. The van der Waals surface area contributed by atoms with Crippen LogP contribution in [0.1, 0.15) is 22.9 Å². The molecule has 0 radical (unpaired) electrons. The van der Waals surface area contributed by atoms with Crippen molar-refractivity contribution in [3.05, 3.63) is 77.1 Å². The van der Waals surface area contributed by atoms with Crippen molar-refractivity contribution in [1.82, 2.24) is 9.88 Å². The molecule has 1 aliphatic rings. The molecular formula is C28H28N2O8. The molecule has 10 heteroatoms. The number of amides is 1. The average molecular weight is 521 g/mol. The highest BCUT2D eigenvalue weighted by molar-refractivity contribution is 6.46. The summed E-state index contributed by atoms with van der Waals surface area (Å²) in [6, 6.07) is 12.3. The van der Waals surface area contributed by atoms with E-state index in [1.165, 1.54) is 46.5 Å². The first-order valence-corrected chi connectivity index (χ1v) is 11.6. The van der Waals surface area contributed by atoms with Gasteiger partial charge in [0.1, 0.15) is 17.3 Å². The third-order valence-corrected chi connectivity index (χ3v) is 6.26. The van der Waals surface area contributed by atoms with Gasteiger partial charge in [0.2, 0.25) is 5.75 Å². The van der Waals surface area contributed by atoms with Gasteiger partial charge < -0.3 is 33.7 Å². The third kappa shape index (κ3) is 4.68. The number of hydrogen-bond acceptors (Lipinski definition) is 9. The lowest BCUT2D eigenvalue weighted by Crippen LogP contribution is -2.29. The number of Topliss-reactive ketones (excluding diaryl/α,β-unsaturated/α-hetero) is 1. The van der Waals surface area contributed by atoms with Gasteiger partial charge in [0.05, 0.1) is 65.0 Å². The predicted octanol–water partition coefficient (Wildman–Crippen LogP) is 3.75. The summed E-state index contributed by atoms with van der Waals surface area (Å²) in [5.41, 5.74) is 1.08. The molecule has 1 aliphatic heterocycles. The topological polar surface area (TPSA) is 117 Å². The molecule has 10 nitrogen and oxygen atoms in total. The monoisotopic (exact) mass is 520 g/mol.